The molecule has 4 rings (SSSR count). The van der Waals surface area contributed by atoms with E-state index in [2.05, 4.69) is 16.3 Å². The molecule has 2 aromatic carbocycles. The molecule has 1 aliphatic carbocycles. The molecule has 0 saturated carbocycles. The number of ether oxygens (including phenoxy) is 1. The first kappa shape index (κ1) is 18.5. The van der Waals surface area contributed by atoms with Gasteiger partial charge in [0.05, 0.1) is 30.4 Å². The van der Waals surface area contributed by atoms with Crippen LogP contribution in [-0.2, 0) is 16.0 Å². The molecule has 0 spiro atoms. The first-order valence-electron chi connectivity index (χ1n) is 9.78. The fourth-order valence-electron chi connectivity index (χ4n) is 4.11. The Kier molecular flexibility index (Phi) is 5.30. The number of benzene rings is 2. The number of carbonyl (C=O) groups is 2. The summed E-state index contributed by atoms with van der Waals surface area (Å²) < 4.78 is 5.38. The fraction of sp³-hybridized carbons (Fsp3) is 0.364. The third kappa shape index (κ3) is 3.73. The predicted octanol–water partition coefficient (Wildman–Crippen LogP) is 2.68. The van der Waals surface area contributed by atoms with E-state index in [-0.39, 0.29) is 11.8 Å². The van der Waals surface area contributed by atoms with Crippen LogP contribution in [0.2, 0.25) is 0 Å². The van der Waals surface area contributed by atoms with Crippen LogP contribution in [-0.4, -0.2) is 38.1 Å². The van der Waals surface area contributed by atoms with Crippen LogP contribution < -0.4 is 16.0 Å². The topological polar surface area (TPSA) is 84.7 Å². The molecule has 0 aromatic heterocycles. The van der Waals surface area contributed by atoms with Gasteiger partial charge in [0.25, 0.3) is 5.91 Å². The zero-order valence-electron chi connectivity index (χ0n) is 15.8. The van der Waals surface area contributed by atoms with E-state index in [4.69, 9.17) is 10.5 Å². The van der Waals surface area contributed by atoms with E-state index in [0.717, 1.165) is 43.6 Å². The van der Waals surface area contributed by atoms with Gasteiger partial charge in [-0.1, -0.05) is 24.3 Å². The van der Waals surface area contributed by atoms with Crippen molar-refractivity contribution in [3.63, 3.8) is 0 Å². The summed E-state index contributed by atoms with van der Waals surface area (Å²) in [6, 6.07) is 13.5. The van der Waals surface area contributed by atoms with Crippen molar-refractivity contribution < 1.29 is 14.3 Å². The lowest BCUT2D eigenvalue weighted by molar-refractivity contribution is -0.117. The minimum atomic E-state index is -0.547. The zero-order valence-corrected chi connectivity index (χ0v) is 15.8. The molecule has 2 aliphatic rings. The average Bonchev–Trinajstić information content (AvgIpc) is 2.74. The maximum Gasteiger partial charge on any atom is 0.250 e. The maximum absolute atomic E-state index is 13.0. The summed E-state index contributed by atoms with van der Waals surface area (Å²) in [7, 11) is 0. The van der Waals surface area contributed by atoms with Crippen molar-refractivity contribution in [2.24, 2.45) is 5.73 Å². The Morgan fingerprint density at radius 2 is 1.89 bits per heavy atom. The zero-order chi connectivity index (χ0) is 19.5. The van der Waals surface area contributed by atoms with Gasteiger partial charge in [-0.25, -0.2) is 0 Å². The van der Waals surface area contributed by atoms with Crippen LogP contribution in [0.4, 0.5) is 11.4 Å². The molecule has 3 N–H and O–H groups in total. The largest absolute Gasteiger partial charge is 0.378 e. The Hall–Kier alpha value is -2.86. The van der Waals surface area contributed by atoms with Crippen LogP contribution in [0.1, 0.15) is 40.2 Å². The number of hydrogen-bond acceptors (Lipinski definition) is 4. The molecule has 1 saturated heterocycles. The van der Waals surface area contributed by atoms with Gasteiger partial charge in [-0.05, 0) is 48.6 Å². The highest BCUT2D eigenvalue weighted by molar-refractivity contribution is 6.05. The molecule has 2 aromatic rings. The summed E-state index contributed by atoms with van der Waals surface area (Å²) in [5, 5.41) is 2.95. The van der Waals surface area contributed by atoms with Crippen LogP contribution in [0.15, 0.2) is 42.5 Å². The van der Waals surface area contributed by atoms with Crippen molar-refractivity contribution in [2.75, 3.05) is 36.5 Å². The van der Waals surface area contributed by atoms with Crippen molar-refractivity contribution in [2.45, 2.75) is 25.2 Å². The summed E-state index contributed by atoms with van der Waals surface area (Å²) in [4.78, 5) is 27.2. The van der Waals surface area contributed by atoms with E-state index < -0.39 is 5.91 Å². The molecular weight excluding hydrogens is 354 g/mol. The minimum absolute atomic E-state index is 0.0891. The molecular formula is C22H25N3O3. The van der Waals surface area contributed by atoms with Crippen LogP contribution in [0.5, 0.6) is 0 Å². The molecule has 6 nitrogen and oxygen atoms in total. The van der Waals surface area contributed by atoms with Gasteiger partial charge in [0.2, 0.25) is 5.91 Å². The minimum Gasteiger partial charge on any atom is -0.378 e. The number of anilines is 2. The number of aryl methyl sites for hydroxylation is 1. The first-order chi connectivity index (χ1) is 13.6. The summed E-state index contributed by atoms with van der Waals surface area (Å²) in [6.07, 6.45) is 2.79. The van der Waals surface area contributed by atoms with Crippen molar-refractivity contribution >= 4 is 23.2 Å². The molecule has 1 fully saturated rings. The van der Waals surface area contributed by atoms with E-state index >= 15 is 0 Å². The second-order valence-electron chi connectivity index (χ2n) is 7.33. The number of carbonyl (C=O) groups excluding carboxylic acids is 2. The van der Waals surface area contributed by atoms with E-state index in [1.165, 1.54) is 5.56 Å². The Bertz CT molecular complexity index is 890. The van der Waals surface area contributed by atoms with Gasteiger partial charge in [0, 0.05) is 18.8 Å². The summed E-state index contributed by atoms with van der Waals surface area (Å²) >= 11 is 0. The fourth-order valence-corrected chi connectivity index (χ4v) is 4.11. The van der Waals surface area contributed by atoms with Crippen LogP contribution in [0.25, 0.3) is 0 Å². The Balaban J connectivity index is 1.57. The molecule has 6 heteroatoms. The lowest BCUT2D eigenvalue weighted by Gasteiger charge is -2.29. The van der Waals surface area contributed by atoms with E-state index in [0.29, 0.717) is 24.5 Å². The lowest BCUT2D eigenvalue weighted by Crippen LogP contribution is -2.36. The molecule has 0 radical (unpaired) electrons. The van der Waals surface area contributed by atoms with Gasteiger partial charge in [0.1, 0.15) is 0 Å². The number of primary amides is 1. The molecule has 0 bridgehead atoms. The second-order valence-corrected chi connectivity index (χ2v) is 7.33. The number of nitrogens with two attached hydrogens (primary N) is 1. The normalized spacial score (nSPS) is 19.0. The third-order valence-electron chi connectivity index (χ3n) is 5.59. The van der Waals surface area contributed by atoms with Gasteiger partial charge >= 0.3 is 0 Å². The second kappa shape index (κ2) is 8.02. The first-order valence-corrected chi connectivity index (χ1v) is 9.78. The Morgan fingerprint density at radius 1 is 1.11 bits per heavy atom. The number of rotatable bonds is 4. The monoisotopic (exact) mass is 379 g/mol. The molecule has 28 heavy (non-hydrogen) atoms. The van der Waals surface area contributed by atoms with Gasteiger partial charge < -0.3 is 20.7 Å². The van der Waals surface area contributed by atoms with Crippen LogP contribution in [0, 0.1) is 0 Å². The van der Waals surface area contributed by atoms with Gasteiger partial charge in [-0.3, -0.25) is 9.59 Å². The van der Waals surface area contributed by atoms with Crippen molar-refractivity contribution in [1.82, 2.24) is 0 Å². The molecule has 0 unspecified atom stereocenters. The van der Waals surface area contributed by atoms with E-state index in [1.807, 2.05) is 24.3 Å². The maximum atomic E-state index is 13.0. The van der Waals surface area contributed by atoms with Gasteiger partial charge in [-0.2, -0.15) is 0 Å². The highest BCUT2D eigenvalue weighted by Crippen LogP contribution is 2.33. The third-order valence-corrected chi connectivity index (χ3v) is 5.59. The summed E-state index contributed by atoms with van der Waals surface area (Å²) in [5.74, 6) is -0.840. The van der Waals surface area contributed by atoms with Crippen molar-refractivity contribution in [1.29, 1.82) is 0 Å². The lowest BCUT2D eigenvalue weighted by atomic mass is 9.82. The molecule has 1 heterocycles. The SMILES string of the molecule is NC(=O)c1cc(N2CCOCC2)ccc1NC(=O)[C@H]1CCCc2ccccc21. The number of morpholine rings is 1. The highest BCUT2D eigenvalue weighted by atomic mass is 16.5. The van der Waals surface area contributed by atoms with E-state index in [1.54, 1.807) is 12.1 Å². The number of amides is 2. The van der Waals surface area contributed by atoms with Crippen molar-refractivity contribution in [3.05, 3.63) is 59.2 Å². The van der Waals surface area contributed by atoms with Crippen LogP contribution >= 0.6 is 0 Å². The predicted molar refractivity (Wildman–Crippen MR) is 109 cm³/mol. The molecule has 2 amide bonds. The standard InChI is InChI=1S/C22H25N3O3/c23-21(26)19-14-16(25-10-12-28-13-11-25)8-9-20(19)24-22(27)18-7-3-5-15-4-1-2-6-17(15)18/h1-2,4,6,8-9,14,18H,3,5,7,10-13H2,(H2,23,26)(H,24,27)/t18-/m0/s1. The highest BCUT2D eigenvalue weighted by Gasteiger charge is 2.27. The number of nitrogens with zero attached hydrogens (tertiary/aromatic N) is 1. The number of hydrogen-bond donors (Lipinski definition) is 2. The smallest absolute Gasteiger partial charge is 0.250 e. The van der Waals surface area contributed by atoms with E-state index in [9.17, 15) is 9.59 Å². The summed E-state index contributed by atoms with van der Waals surface area (Å²) in [5.41, 5.74) is 9.64. The summed E-state index contributed by atoms with van der Waals surface area (Å²) in [6.45, 7) is 2.85. The number of fused-ring (bicyclic) bond motifs is 1. The Morgan fingerprint density at radius 3 is 2.68 bits per heavy atom. The number of nitrogens with one attached hydrogen (secondary N) is 1. The molecule has 1 atom stereocenters. The molecule has 1 aliphatic heterocycles. The van der Waals surface area contributed by atoms with Crippen LogP contribution in [0.3, 0.4) is 0 Å². The Labute approximate surface area is 164 Å². The quantitative estimate of drug-likeness (QED) is 0.855. The van der Waals surface area contributed by atoms with Gasteiger partial charge in [0.15, 0.2) is 0 Å². The average molecular weight is 379 g/mol. The van der Waals surface area contributed by atoms with Gasteiger partial charge in [-0.15, -0.1) is 0 Å². The molecule has 146 valence electrons. The van der Waals surface area contributed by atoms with Crippen molar-refractivity contribution in [3.8, 4) is 0 Å².